The zero-order chi connectivity index (χ0) is 25.8. The summed E-state index contributed by atoms with van der Waals surface area (Å²) in [4.78, 5) is 25.2. The van der Waals surface area contributed by atoms with Crippen LogP contribution in [-0.2, 0) is 6.54 Å². The molecule has 0 aliphatic heterocycles. The van der Waals surface area contributed by atoms with Crippen LogP contribution in [0.25, 0.3) is 21.2 Å². The van der Waals surface area contributed by atoms with E-state index in [0.29, 0.717) is 29.1 Å². The summed E-state index contributed by atoms with van der Waals surface area (Å²) in [5, 5.41) is 4.87. The molecular weight excluding hydrogens is 575 g/mol. The van der Waals surface area contributed by atoms with Gasteiger partial charge >= 0.3 is 0 Å². The van der Waals surface area contributed by atoms with Crippen LogP contribution in [0.1, 0.15) is 47.8 Å². The SMILES string of the molecule is CCOc1ccc(-c2cncnc2)cc1CN(C(=O)c1sc2ccccc2c1Cl)C1CCC(NC)CC1.Cl.Cl. The number of nitrogens with one attached hydrogen (secondary N) is 1. The minimum atomic E-state index is -0.0185. The van der Waals surface area contributed by atoms with Crippen molar-refractivity contribution < 1.29 is 9.53 Å². The summed E-state index contributed by atoms with van der Waals surface area (Å²) < 4.78 is 7.03. The molecule has 1 saturated carbocycles. The normalized spacial score (nSPS) is 16.7. The number of carbonyl (C=O) groups excluding carboxylic acids is 1. The van der Waals surface area contributed by atoms with Crippen molar-refractivity contribution in [2.45, 2.75) is 51.2 Å². The Morgan fingerprint density at radius 3 is 2.46 bits per heavy atom. The van der Waals surface area contributed by atoms with E-state index in [1.165, 1.54) is 17.7 Å². The number of benzene rings is 2. The molecule has 4 aromatic rings. The van der Waals surface area contributed by atoms with Crippen molar-refractivity contribution in [2.24, 2.45) is 0 Å². The summed E-state index contributed by atoms with van der Waals surface area (Å²) in [6, 6.07) is 14.6. The maximum atomic E-state index is 14.2. The maximum Gasteiger partial charge on any atom is 0.266 e. The van der Waals surface area contributed by atoms with Crippen molar-refractivity contribution in [1.82, 2.24) is 20.2 Å². The standard InChI is InChI=1S/C29H31ClN4O2S.2ClH/c1-3-36-25-13-8-19(21-15-32-18-33-16-21)14-20(25)17-34(23-11-9-22(31-2)10-12-23)29(35)28-27(30)24-6-4-5-7-26(24)37-28;;/h4-8,13-16,18,22-23,31H,3,9-12,17H2,1-2H3;2*1H. The molecule has 39 heavy (non-hydrogen) atoms. The molecule has 5 rings (SSSR count). The maximum absolute atomic E-state index is 14.2. The van der Waals surface area contributed by atoms with Gasteiger partial charge in [0.25, 0.3) is 5.91 Å². The van der Waals surface area contributed by atoms with Crippen molar-refractivity contribution in [2.75, 3.05) is 13.7 Å². The Kier molecular flexibility index (Phi) is 11.4. The number of thiophene rings is 1. The fourth-order valence-electron chi connectivity index (χ4n) is 5.14. The number of carbonyl (C=O) groups is 1. The number of ether oxygens (including phenoxy) is 1. The van der Waals surface area contributed by atoms with Crippen LogP contribution in [0, 0.1) is 0 Å². The Morgan fingerprint density at radius 1 is 1.08 bits per heavy atom. The molecule has 1 aliphatic rings. The third-order valence-corrected chi connectivity index (χ3v) is 8.79. The molecule has 0 spiro atoms. The molecule has 0 saturated heterocycles. The molecule has 2 aromatic heterocycles. The van der Waals surface area contributed by atoms with Crippen LogP contribution in [0.5, 0.6) is 5.75 Å². The van der Waals surface area contributed by atoms with E-state index in [9.17, 15) is 4.79 Å². The topological polar surface area (TPSA) is 67.4 Å². The van der Waals surface area contributed by atoms with E-state index < -0.39 is 0 Å². The molecule has 1 N–H and O–H groups in total. The molecule has 6 nitrogen and oxygen atoms in total. The number of aromatic nitrogens is 2. The van der Waals surface area contributed by atoms with Gasteiger partial charge in [-0.25, -0.2) is 9.97 Å². The quantitative estimate of drug-likeness (QED) is 0.226. The monoisotopic (exact) mass is 606 g/mol. The zero-order valence-electron chi connectivity index (χ0n) is 21.9. The predicted molar refractivity (Wildman–Crippen MR) is 165 cm³/mol. The minimum absolute atomic E-state index is 0. The van der Waals surface area contributed by atoms with Crippen LogP contribution in [0.3, 0.4) is 0 Å². The molecule has 1 amide bonds. The van der Waals surface area contributed by atoms with Crippen LogP contribution in [0.4, 0.5) is 0 Å². The fraction of sp³-hybridized carbons (Fsp3) is 0.345. The van der Waals surface area contributed by atoms with Crippen molar-refractivity contribution in [1.29, 1.82) is 0 Å². The lowest BCUT2D eigenvalue weighted by atomic mass is 9.89. The molecule has 0 atom stereocenters. The van der Waals surface area contributed by atoms with Gasteiger partial charge in [0, 0.05) is 52.2 Å². The molecule has 1 fully saturated rings. The lowest BCUT2D eigenvalue weighted by Crippen LogP contribution is -2.44. The average Bonchev–Trinajstić information content (AvgIpc) is 3.29. The van der Waals surface area contributed by atoms with E-state index in [0.717, 1.165) is 58.2 Å². The number of amides is 1. The fourth-order valence-corrected chi connectivity index (χ4v) is 6.60. The van der Waals surface area contributed by atoms with Gasteiger partial charge in [0.1, 0.15) is 17.0 Å². The first-order valence-electron chi connectivity index (χ1n) is 12.8. The van der Waals surface area contributed by atoms with E-state index in [1.54, 1.807) is 12.4 Å². The van der Waals surface area contributed by atoms with Crippen LogP contribution >= 0.6 is 47.8 Å². The second-order valence-corrected chi connectivity index (χ2v) is 10.8. The number of nitrogens with zero attached hydrogens (tertiary/aromatic N) is 3. The van der Waals surface area contributed by atoms with E-state index in [2.05, 4.69) is 21.4 Å². The van der Waals surface area contributed by atoms with Gasteiger partial charge in [-0.1, -0.05) is 35.9 Å². The van der Waals surface area contributed by atoms with Crippen LogP contribution in [-0.4, -0.2) is 46.5 Å². The molecule has 2 heterocycles. The number of hydrogen-bond acceptors (Lipinski definition) is 6. The first-order chi connectivity index (χ1) is 18.1. The first kappa shape index (κ1) is 31.1. The van der Waals surface area contributed by atoms with Crippen LogP contribution < -0.4 is 10.1 Å². The number of fused-ring (bicyclic) bond motifs is 1. The molecule has 0 radical (unpaired) electrons. The lowest BCUT2D eigenvalue weighted by molar-refractivity contribution is 0.0604. The smallest absolute Gasteiger partial charge is 0.266 e. The van der Waals surface area contributed by atoms with Crippen LogP contribution in [0.2, 0.25) is 5.02 Å². The second kappa shape index (κ2) is 14.3. The summed E-state index contributed by atoms with van der Waals surface area (Å²) in [5.74, 6) is 0.766. The third-order valence-electron chi connectivity index (χ3n) is 7.13. The van der Waals surface area contributed by atoms with Crippen molar-refractivity contribution >= 4 is 63.7 Å². The number of halogens is 3. The average molecular weight is 608 g/mol. The van der Waals surface area contributed by atoms with E-state index >= 15 is 0 Å². The highest BCUT2D eigenvalue weighted by atomic mass is 35.5. The number of rotatable bonds is 8. The highest BCUT2D eigenvalue weighted by Gasteiger charge is 2.32. The summed E-state index contributed by atoms with van der Waals surface area (Å²) in [6.45, 7) is 2.96. The van der Waals surface area contributed by atoms with Crippen molar-refractivity contribution in [3.63, 3.8) is 0 Å². The molecular formula is C29H33Cl3N4O2S. The molecule has 10 heteroatoms. The van der Waals surface area contributed by atoms with Crippen molar-refractivity contribution in [3.8, 4) is 16.9 Å². The molecule has 0 unspecified atom stereocenters. The van der Waals surface area contributed by atoms with Crippen LogP contribution in [0.15, 0.2) is 61.2 Å². The first-order valence-corrected chi connectivity index (χ1v) is 13.9. The van der Waals surface area contributed by atoms with E-state index in [4.69, 9.17) is 16.3 Å². The molecule has 208 valence electrons. The summed E-state index contributed by atoms with van der Waals surface area (Å²) in [6.07, 6.45) is 9.06. The summed E-state index contributed by atoms with van der Waals surface area (Å²) >= 11 is 8.26. The largest absolute Gasteiger partial charge is 0.494 e. The Hall–Kier alpha value is -2.42. The third kappa shape index (κ3) is 6.84. The molecule has 2 aromatic carbocycles. The Labute approximate surface area is 251 Å². The Morgan fingerprint density at radius 2 is 1.79 bits per heavy atom. The van der Waals surface area contributed by atoms with Crippen molar-refractivity contribution in [3.05, 3.63) is 76.6 Å². The van der Waals surface area contributed by atoms with Gasteiger partial charge in [0.15, 0.2) is 0 Å². The molecule has 1 aliphatic carbocycles. The highest BCUT2D eigenvalue weighted by molar-refractivity contribution is 7.21. The number of hydrogen-bond donors (Lipinski definition) is 1. The van der Waals surface area contributed by atoms with Gasteiger partial charge in [-0.05, 0) is 63.4 Å². The predicted octanol–water partition coefficient (Wildman–Crippen LogP) is 7.43. The van der Waals surface area contributed by atoms with Gasteiger partial charge in [0.05, 0.1) is 11.6 Å². The molecule has 0 bridgehead atoms. The zero-order valence-corrected chi connectivity index (χ0v) is 25.1. The lowest BCUT2D eigenvalue weighted by Gasteiger charge is -2.37. The van der Waals surface area contributed by atoms with E-state index in [1.807, 2.05) is 55.3 Å². The second-order valence-electron chi connectivity index (χ2n) is 9.35. The summed E-state index contributed by atoms with van der Waals surface area (Å²) in [7, 11) is 2.01. The summed E-state index contributed by atoms with van der Waals surface area (Å²) in [5.41, 5.74) is 2.88. The van der Waals surface area contributed by atoms with Gasteiger partial charge in [-0.15, -0.1) is 36.2 Å². The Bertz CT molecular complexity index is 1380. The van der Waals surface area contributed by atoms with Gasteiger partial charge in [0.2, 0.25) is 0 Å². The van der Waals surface area contributed by atoms with Gasteiger partial charge in [-0.2, -0.15) is 0 Å². The minimum Gasteiger partial charge on any atom is -0.494 e. The Balaban J connectivity index is 0.00000210. The highest BCUT2D eigenvalue weighted by Crippen LogP contribution is 2.38. The van der Waals surface area contributed by atoms with Gasteiger partial charge < -0.3 is 15.0 Å². The van der Waals surface area contributed by atoms with E-state index in [-0.39, 0.29) is 36.8 Å². The van der Waals surface area contributed by atoms with Gasteiger partial charge in [-0.3, -0.25) is 4.79 Å².